The van der Waals surface area contributed by atoms with Crippen molar-refractivity contribution in [1.82, 2.24) is 5.32 Å². The molecule has 1 fully saturated rings. The molecule has 3 aromatic carbocycles. The summed E-state index contributed by atoms with van der Waals surface area (Å²) in [5, 5.41) is 13.3. The van der Waals surface area contributed by atoms with Crippen LogP contribution in [-0.2, 0) is 10.3 Å². The second-order valence-electron chi connectivity index (χ2n) is 7.75. The van der Waals surface area contributed by atoms with E-state index in [9.17, 15) is 5.11 Å². The average Bonchev–Trinajstić information content (AvgIpc) is 3.25. The molecule has 0 radical (unpaired) electrons. The Bertz CT molecular complexity index is 944. The molecule has 4 rings (SSSR count). The Kier molecular flexibility index (Phi) is 6.56. The van der Waals surface area contributed by atoms with Crippen LogP contribution in [0.25, 0.3) is 0 Å². The van der Waals surface area contributed by atoms with E-state index in [4.69, 9.17) is 14.2 Å². The third-order valence-corrected chi connectivity index (χ3v) is 5.85. The van der Waals surface area contributed by atoms with Crippen molar-refractivity contribution in [3.8, 4) is 11.5 Å². The SMILES string of the molecule is COc1ccccc1C(OCC1CC(O)CN1)(c1ccccc1)c1ccccc1OC. The number of aliphatic hydroxyl groups excluding tert-OH is 1. The third-order valence-electron chi connectivity index (χ3n) is 5.85. The van der Waals surface area contributed by atoms with Crippen LogP contribution in [0.2, 0.25) is 0 Å². The van der Waals surface area contributed by atoms with Gasteiger partial charge in [0.25, 0.3) is 0 Å². The van der Waals surface area contributed by atoms with Crippen molar-refractivity contribution >= 4 is 0 Å². The van der Waals surface area contributed by atoms with Crippen molar-refractivity contribution < 1.29 is 19.3 Å². The molecule has 5 heteroatoms. The van der Waals surface area contributed by atoms with Gasteiger partial charge in [0.1, 0.15) is 11.5 Å². The van der Waals surface area contributed by atoms with Crippen molar-refractivity contribution in [1.29, 1.82) is 0 Å². The van der Waals surface area contributed by atoms with Crippen LogP contribution >= 0.6 is 0 Å². The smallest absolute Gasteiger partial charge is 0.150 e. The van der Waals surface area contributed by atoms with Gasteiger partial charge in [-0.25, -0.2) is 0 Å². The van der Waals surface area contributed by atoms with E-state index in [1.54, 1.807) is 14.2 Å². The summed E-state index contributed by atoms with van der Waals surface area (Å²) in [6.45, 7) is 0.998. The molecule has 0 bridgehead atoms. The molecule has 0 aromatic heterocycles. The molecule has 1 aliphatic rings. The van der Waals surface area contributed by atoms with Crippen molar-refractivity contribution in [2.75, 3.05) is 27.4 Å². The Hall–Kier alpha value is -2.86. The summed E-state index contributed by atoms with van der Waals surface area (Å²) in [5.74, 6) is 1.47. The summed E-state index contributed by atoms with van der Waals surface area (Å²) in [7, 11) is 3.34. The number of ether oxygens (including phenoxy) is 3. The van der Waals surface area contributed by atoms with Crippen molar-refractivity contribution in [3.63, 3.8) is 0 Å². The molecule has 1 aliphatic heterocycles. The molecule has 2 atom stereocenters. The highest BCUT2D eigenvalue weighted by Crippen LogP contribution is 2.47. The van der Waals surface area contributed by atoms with Crippen LogP contribution in [0.3, 0.4) is 0 Å². The number of aliphatic hydroxyl groups is 1. The molecule has 2 unspecified atom stereocenters. The lowest BCUT2D eigenvalue weighted by molar-refractivity contribution is -0.00155. The minimum atomic E-state index is -0.963. The van der Waals surface area contributed by atoms with Crippen LogP contribution in [-0.4, -0.2) is 44.6 Å². The normalized spacial score (nSPS) is 18.7. The number of β-amino-alcohol motifs (C(OH)–C–C–N with tert-alkyl or cyclic N) is 1. The van der Waals surface area contributed by atoms with Crippen LogP contribution in [0.4, 0.5) is 0 Å². The third kappa shape index (κ3) is 4.17. The number of hydrogen-bond donors (Lipinski definition) is 2. The highest BCUT2D eigenvalue weighted by molar-refractivity contribution is 5.56. The number of rotatable bonds is 8. The molecule has 5 nitrogen and oxygen atoms in total. The Morgan fingerprint density at radius 2 is 1.39 bits per heavy atom. The Labute approximate surface area is 183 Å². The summed E-state index contributed by atoms with van der Waals surface area (Å²) in [5.41, 5.74) is 1.80. The van der Waals surface area contributed by atoms with Gasteiger partial charge in [0, 0.05) is 23.7 Å². The van der Waals surface area contributed by atoms with E-state index in [0.717, 1.165) is 28.2 Å². The fourth-order valence-corrected chi connectivity index (χ4v) is 4.39. The first-order chi connectivity index (χ1) is 15.2. The minimum Gasteiger partial charge on any atom is -0.496 e. The molecule has 2 N–H and O–H groups in total. The number of hydrogen-bond acceptors (Lipinski definition) is 5. The van der Waals surface area contributed by atoms with Gasteiger partial charge in [-0.1, -0.05) is 66.7 Å². The van der Waals surface area contributed by atoms with Gasteiger partial charge in [-0.3, -0.25) is 0 Å². The van der Waals surface area contributed by atoms with E-state index in [1.807, 2.05) is 66.7 Å². The first-order valence-electron chi connectivity index (χ1n) is 10.6. The molecule has 0 amide bonds. The molecular weight excluding hydrogens is 390 g/mol. The van der Waals surface area contributed by atoms with Crippen molar-refractivity contribution in [3.05, 3.63) is 95.6 Å². The summed E-state index contributed by atoms with van der Waals surface area (Å²) in [6.07, 6.45) is 0.306. The lowest BCUT2D eigenvalue weighted by atomic mass is 9.79. The number of nitrogens with one attached hydrogen (secondary N) is 1. The highest BCUT2D eigenvalue weighted by Gasteiger charge is 2.43. The fraction of sp³-hybridized carbons (Fsp3) is 0.308. The summed E-state index contributed by atoms with van der Waals surface area (Å²) < 4.78 is 18.4. The lowest BCUT2D eigenvalue weighted by Crippen LogP contribution is -2.38. The number of benzene rings is 3. The van der Waals surface area contributed by atoms with Crippen molar-refractivity contribution in [2.24, 2.45) is 0 Å². The predicted octanol–water partition coefficient (Wildman–Crippen LogP) is 3.74. The second-order valence-corrected chi connectivity index (χ2v) is 7.75. The quantitative estimate of drug-likeness (QED) is 0.545. The molecule has 0 aliphatic carbocycles. The zero-order valence-corrected chi connectivity index (χ0v) is 18.0. The number of para-hydroxylation sites is 2. The summed E-state index contributed by atoms with van der Waals surface area (Å²) in [4.78, 5) is 0. The number of methoxy groups -OCH3 is 2. The van der Waals surface area contributed by atoms with Crippen LogP contribution in [0.15, 0.2) is 78.9 Å². The van der Waals surface area contributed by atoms with E-state index in [0.29, 0.717) is 19.6 Å². The van der Waals surface area contributed by atoms with Gasteiger partial charge in [-0.05, 0) is 24.1 Å². The van der Waals surface area contributed by atoms with Gasteiger partial charge < -0.3 is 24.6 Å². The molecule has 3 aromatic rings. The molecule has 162 valence electrons. The summed E-state index contributed by atoms with van der Waals surface area (Å²) >= 11 is 0. The standard InChI is InChI=1S/C26H29NO4/c1-29-24-14-8-6-12-22(24)26(19-10-4-3-5-11-19,23-13-7-9-15-25(23)30-2)31-18-20-16-21(28)17-27-20/h3-15,20-21,27-28H,16-18H2,1-2H3. The van der Waals surface area contributed by atoms with E-state index in [1.165, 1.54) is 0 Å². The molecule has 31 heavy (non-hydrogen) atoms. The molecule has 1 saturated heterocycles. The zero-order valence-electron chi connectivity index (χ0n) is 18.0. The maximum absolute atomic E-state index is 9.99. The lowest BCUT2D eigenvalue weighted by Gasteiger charge is -2.38. The predicted molar refractivity (Wildman–Crippen MR) is 121 cm³/mol. The van der Waals surface area contributed by atoms with E-state index in [-0.39, 0.29) is 12.1 Å². The van der Waals surface area contributed by atoms with E-state index in [2.05, 4.69) is 17.4 Å². The van der Waals surface area contributed by atoms with Gasteiger partial charge >= 0.3 is 0 Å². The van der Waals surface area contributed by atoms with Crippen molar-refractivity contribution in [2.45, 2.75) is 24.2 Å². The van der Waals surface area contributed by atoms with Gasteiger partial charge in [-0.2, -0.15) is 0 Å². The molecule has 0 spiro atoms. The van der Waals surface area contributed by atoms with Gasteiger partial charge in [0.2, 0.25) is 0 Å². The van der Waals surface area contributed by atoms with Gasteiger partial charge in [-0.15, -0.1) is 0 Å². The molecule has 1 heterocycles. The first-order valence-corrected chi connectivity index (χ1v) is 10.6. The van der Waals surface area contributed by atoms with E-state index < -0.39 is 5.60 Å². The second kappa shape index (κ2) is 9.52. The monoisotopic (exact) mass is 419 g/mol. The van der Waals surface area contributed by atoms with Crippen LogP contribution in [0.5, 0.6) is 11.5 Å². The average molecular weight is 420 g/mol. The zero-order chi connectivity index (χ0) is 21.7. The van der Waals surface area contributed by atoms with Crippen LogP contribution < -0.4 is 14.8 Å². The Morgan fingerprint density at radius 3 is 1.90 bits per heavy atom. The largest absolute Gasteiger partial charge is 0.496 e. The summed E-state index contributed by atoms with van der Waals surface area (Å²) in [6, 6.07) is 26.1. The van der Waals surface area contributed by atoms with Gasteiger partial charge in [0.05, 0.1) is 26.9 Å². The maximum Gasteiger partial charge on any atom is 0.150 e. The Balaban J connectivity index is 1.94. The topological polar surface area (TPSA) is 60.0 Å². The molecule has 0 saturated carbocycles. The van der Waals surface area contributed by atoms with E-state index >= 15 is 0 Å². The minimum absolute atomic E-state index is 0.0579. The van der Waals surface area contributed by atoms with Crippen LogP contribution in [0.1, 0.15) is 23.1 Å². The fourth-order valence-electron chi connectivity index (χ4n) is 4.39. The van der Waals surface area contributed by atoms with Crippen LogP contribution in [0, 0.1) is 0 Å². The highest BCUT2D eigenvalue weighted by atomic mass is 16.5. The molecular formula is C26H29NO4. The Morgan fingerprint density at radius 1 is 0.839 bits per heavy atom. The van der Waals surface area contributed by atoms with Gasteiger partial charge in [0.15, 0.2) is 5.60 Å². The maximum atomic E-state index is 9.99. The first kappa shape index (κ1) is 21.4.